The van der Waals surface area contributed by atoms with E-state index in [1.165, 1.54) is 0 Å². The van der Waals surface area contributed by atoms with Crippen molar-refractivity contribution in [2.24, 2.45) is 7.05 Å². The van der Waals surface area contributed by atoms with E-state index in [0.29, 0.717) is 5.69 Å². The topological polar surface area (TPSA) is 83.8 Å². The highest BCUT2D eigenvalue weighted by Gasteiger charge is 2.08. The highest BCUT2D eigenvalue weighted by molar-refractivity contribution is 5.87. The van der Waals surface area contributed by atoms with Crippen molar-refractivity contribution in [1.29, 1.82) is 0 Å². The minimum Gasteiger partial charge on any atom is -0.400 e. The Kier molecular flexibility index (Phi) is 3.72. The number of aldehydes is 1. The molecule has 98 valence electrons. The molecule has 0 unspecified atom stereocenters. The predicted molar refractivity (Wildman–Crippen MR) is 71.8 cm³/mol. The molecule has 3 rings (SSSR count). The Labute approximate surface area is 109 Å². The van der Waals surface area contributed by atoms with Gasteiger partial charge in [-0.1, -0.05) is 0 Å². The maximum Gasteiger partial charge on any atom is 0.166 e. The molecular weight excluding hydrogens is 244 g/mol. The molecule has 0 saturated carbocycles. The number of carbonyl (C=O) groups excluding carboxylic acids is 1. The Bertz CT molecular complexity index is 686. The lowest BCUT2D eigenvalue weighted by atomic mass is 10.2. The monoisotopic (exact) mass is 258 g/mol. The molecule has 0 aliphatic rings. The van der Waals surface area contributed by atoms with Crippen molar-refractivity contribution < 1.29 is 9.90 Å². The molecule has 0 saturated heterocycles. The molecule has 0 radical (unpaired) electrons. The zero-order valence-corrected chi connectivity index (χ0v) is 10.7. The zero-order valence-electron chi connectivity index (χ0n) is 10.7. The predicted octanol–water partition coefficient (Wildman–Crippen LogP) is 1.38. The van der Waals surface area contributed by atoms with Gasteiger partial charge < -0.3 is 9.67 Å². The summed E-state index contributed by atoms with van der Waals surface area (Å²) < 4.78 is 1.78. The SMILES string of the molecule is CO.Cn1c(C=O)cc2ccc(-c3cn[nH]c3)nc21. The van der Waals surface area contributed by atoms with Crippen LogP contribution >= 0.6 is 0 Å². The number of nitrogens with one attached hydrogen (secondary N) is 1. The fourth-order valence-corrected chi connectivity index (χ4v) is 1.88. The molecule has 3 aromatic rings. The Balaban J connectivity index is 0.000000637. The van der Waals surface area contributed by atoms with Crippen LogP contribution in [0.2, 0.25) is 0 Å². The van der Waals surface area contributed by atoms with Gasteiger partial charge in [-0.15, -0.1) is 0 Å². The van der Waals surface area contributed by atoms with Gasteiger partial charge in [0.1, 0.15) is 5.65 Å². The first-order valence-corrected chi connectivity index (χ1v) is 5.65. The summed E-state index contributed by atoms with van der Waals surface area (Å²) in [5, 5.41) is 14.6. The average molecular weight is 258 g/mol. The van der Waals surface area contributed by atoms with Crippen molar-refractivity contribution in [2.75, 3.05) is 7.11 Å². The minimum atomic E-state index is 0.622. The third-order valence-corrected chi connectivity index (χ3v) is 2.83. The van der Waals surface area contributed by atoms with Gasteiger partial charge >= 0.3 is 0 Å². The number of aromatic nitrogens is 4. The zero-order chi connectivity index (χ0) is 13.8. The van der Waals surface area contributed by atoms with E-state index in [-0.39, 0.29) is 0 Å². The lowest BCUT2D eigenvalue weighted by molar-refractivity contribution is 0.111. The Morgan fingerprint density at radius 2 is 2.16 bits per heavy atom. The molecule has 0 aliphatic carbocycles. The summed E-state index contributed by atoms with van der Waals surface area (Å²) in [5.74, 6) is 0. The number of hydrogen-bond donors (Lipinski definition) is 2. The third-order valence-electron chi connectivity index (χ3n) is 2.83. The summed E-state index contributed by atoms with van der Waals surface area (Å²) in [6, 6.07) is 5.70. The number of carbonyl (C=O) groups is 1. The van der Waals surface area contributed by atoms with E-state index in [1.807, 2.05) is 25.2 Å². The molecular formula is C13H14N4O2. The van der Waals surface area contributed by atoms with Crippen LogP contribution in [0.4, 0.5) is 0 Å². The molecule has 0 spiro atoms. The number of H-pyrrole nitrogens is 1. The van der Waals surface area contributed by atoms with Crippen LogP contribution in [-0.4, -0.2) is 38.3 Å². The molecule has 6 heteroatoms. The van der Waals surface area contributed by atoms with Gasteiger partial charge in [-0.3, -0.25) is 9.89 Å². The first-order valence-electron chi connectivity index (χ1n) is 5.65. The number of hydrogen-bond acceptors (Lipinski definition) is 4. The number of fused-ring (bicyclic) bond motifs is 1. The highest BCUT2D eigenvalue weighted by Crippen LogP contribution is 2.21. The normalized spacial score (nSPS) is 10.1. The molecule has 0 aromatic carbocycles. The van der Waals surface area contributed by atoms with Gasteiger partial charge in [-0.2, -0.15) is 5.10 Å². The molecule has 0 fully saturated rings. The van der Waals surface area contributed by atoms with Crippen molar-refractivity contribution in [2.45, 2.75) is 0 Å². The lowest BCUT2D eigenvalue weighted by Crippen LogP contribution is -1.95. The smallest absolute Gasteiger partial charge is 0.166 e. The molecule has 6 nitrogen and oxygen atoms in total. The van der Waals surface area contributed by atoms with Crippen LogP contribution in [0, 0.1) is 0 Å². The number of rotatable bonds is 2. The van der Waals surface area contributed by atoms with E-state index in [9.17, 15) is 4.79 Å². The Morgan fingerprint density at radius 1 is 1.37 bits per heavy atom. The van der Waals surface area contributed by atoms with Crippen molar-refractivity contribution >= 4 is 17.3 Å². The number of nitrogens with zero attached hydrogens (tertiary/aromatic N) is 3. The molecule has 0 amide bonds. The fraction of sp³-hybridized carbons (Fsp3) is 0.154. The van der Waals surface area contributed by atoms with Crippen LogP contribution in [-0.2, 0) is 7.05 Å². The number of pyridine rings is 1. The van der Waals surface area contributed by atoms with Crippen LogP contribution in [0.1, 0.15) is 10.5 Å². The number of aromatic amines is 1. The van der Waals surface area contributed by atoms with Crippen LogP contribution in [0.25, 0.3) is 22.3 Å². The molecule has 0 bridgehead atoms. The van der Waals surface area contributed by atoms with Crippen molar-refractivity contribution in [3.8, 4) is 11.3 Å². The standard InChI is InChI=1S/C12H10N4O.CH4O/c1-16-10(7-17)4-8-2-3-11(15-12(8)16)9-5-13-14-6-9;1-2/h2-7H,1H3,(H,13,14);2H,1H3. The lowest BCUT2D eigenvalue weighted by Gasteiger charge is -2.00. The quantitative estimate of drug-likeness (QED) is 0.680. The van der Waals surface area contributed by atoms with Gasteiger partial charge in [0.2, 0.25) is 0 Å². The van der Waals surface area contributed by atoms with Crippen molar-refractivity contribution in [3.63, 3.8) is 0 Å². The molecule has 19 heavy (non-hydrogen) atoms. The van der Waals surface area contributed by atoms with Gasteiger partial charge in [-0.25, -0.2) is 4.98 Å². The largest absolute Gasteiger partial charge is 0.400 e. The minimum absolute atomic E-state index is 0.622. The van der Waals surface area contributed by atoms with Gasteiger partial charge in [0.25, 0.3) is 0 Å². The van der Waals surface area contributed by atoms with Gasteiger partial charge in [-0.05, 0) is 18.2 Å². The number of aliphatic hydroxyl groups excluding tert-OH is 1. The van der Waals surface area contributed by atoms with Gasteiger partial charge in [0.05, 0.1) is 17.6 Å². The van der Waals surface area contributed by atoms with Crippen LogP contribution in [0.3, 0.4) is 0 Å². The third kappa shape index (κ3) is 2.25. The molecule has 2 N–H and O–H groups in total. The summed E-state index contributed by atoms with van der Waals surface area (Å²) in [5.41, 5.74) is 3.19. The molecule has 3 heterocycles. The maximum absolute atomic E-state index is 10.8. The van der Waals surface area contributed by atoms with E-state index < -0.39 is 0 Å². The van der Waals surface area contributed by atoms with E-state index >= 15 is 0 Å². The van der Waals surface area contributed by atoms with Crippen LogP contribution < -0.4 is 0 Å². The van der Waals surface area contributed by atoms with E-state index in [1.54, 1.807) is 17.0 Å². The number of aliphatic hydroxyl groups is 1. The Morgan fingerprint density at radius 3 is 2.79 bits per heavy atom. The second-order valence-electron chi connectivity index (χ2n) is 3.84. The van der Waals surface area contributed by atoms with E-state index in [0.717, 1.165) is 35.7 Å². The molecule has 0 atom stereocenters. The first kappa shape index (κ1) is 13.0. The molecule has 3 aromatic heterocycles. The Hall–Kier alpha value is -2.47. The summed E-state index contributed by atoms with van der Waals surface area (Å²) in [6.45, 7) is 0. The summed E-state index contributed by atoms with van der Waals surface area (Å²) >= 11 is 0. The highest BCUT2D eigenvalue weighted by atomic mass is 16.2. The molecule has 0 aliphatic heterocycles. The van der Waals surface area contributed by atoms with E-state index in [2.05, 4.69) is 15.2 Å². The van der Waals surface area contributed by atoms with Crippen molar-refractivity contribution in [1.82, 2.24) is 19.7 Å². The average Bonchev–Trinajstić information content (AvgIpc) is 3.09. The van der Waals surface area contributed by atoms with Crippen LogP contribution in [0.15, 0.2) is 30.6 Å². The second kappa shape index (κ2) is 5.45. The summed E-state index contributed by atoms with van der Waals surface area (Å²) in [6.07, 6.45) is 4.34. The fourth-order valence-electron chi connectivity index (χ4n) is 1.88. The first-order chi connectivity index (χ1) is 9.29. The summed E-state index contributed by atoms with van der Waals surface area (Å²) in [4.78, 5) is 15.4. The van der Waals surface area contributed by atoms with Crippen molar-refractivity contribution in [3.05, 3.63) is 36.3 Å². The summed E-state index contributed by atoms with van der Waals surface area (Å²) in [7, 11) is 2.83. The van der Waals surface area contributed by atoms with E-state index in [4.69, 9.17) is 5.11 Å². The maximum atomic E-state index is 10.8. The second-order valence-corrected chi connectivity index (χ2v) is 3.84. The number of aryl methyl sites for hydroxylation is 1. The van der Waals surface area contributed by atoms with Gasteiger partial charge in [0.15, 0.2) is 6.29 Å². The van der Waals surface area contributed by atoms with Gasteiger partial charge in [0, 0.05) is 31.3 Å². The van der Waals surface area contributed by atoms with Crippen LogP contribution in [0.5, 0.6) is 0 Å².